The van der Waals surface area contributed by atoms with Crippen molar-refractivity contribution in [3.8, 4) is 5.75 Å². The number of para-hydroxylation sites is 1. The van der Waals surface area contributed by atoms with Gasteiger partial charge in [0.15, 0.2) is 0 Å². The first-order chi connectivity index (χ1) is 5.42. The van der Waals surface area contributed by atoms with Crippen molar-refractivity contribution in [1.82, 2.24) is 4.98 Å². The molecule has 0 aliphatic carbocycles. The summed E-state index contributed by atoms with van der Waals surface area (Å²) >= 11 is 0.421. The first-order valence-electron chi connectivity index (χ1n) is 3.28. The molecule has 0 atom stereocenters. The van der Waals surface area contributed by atoms with Crippen LogP contribution in [0.5, 0.6) is 5.75 Å². The van der Waals surface area contributed by atoms with Gasteiger partial charge in [0.2, 0.25) is 0 Å². The topological polar surface area (TPSA) is 22.1 Å². The van der Waals surface area contributed by atoms with E-state index >= 15 is 0 Å². The second kappa shape index (κ2) is 2.68. The molecule has 0 amide bonds. The van der Waals surface area contributed by atoms with E-state index in [-0.39, 0.29) is 0 Å². The number of aromatic nitrogens is 1. The summed E-state index contributed by atoms with van der Waals surface area (Å²) in [5.74, 6) is 0.887. The third kappa shape index (κ3) is 1.06. The van der Waals surface area contributed by atoms with E-state index in [4.69, 9.17) is 4.74 Å². The van der Waals surface area contributed by atoms with Crippen LogP contribution < -0.4 is 4.74 Å². The van der Waals surface area contributed by atoms with E-state index in [1.54, 1.807) is 7.11 Å². The zero-order chi connectivity index (χ0) is 7.68. The van der Waals surface area contributed by atoms with E-state index in [1.807, 2.05) is 17.2 Å². The van der Waals surface area contributed by atoms with Gasteiger partial charge in [-0.2, -0.15) is 0 Å². The van der Waals surface area contributed by atoms with Gasteiger partial charge in [-0.3, -0.25) is 0 Å². The summed E-state index contributed by atoms with van der Waals surface area (Å²) in [6, 6.07) is 6.05. The van der Waals surface area contributed by atoms with Crippen molar-refractivity contribution in [2.45, 2.75) is 0 Å². The molecule has 0 radical (unpaired) electrons. The molecule has 1 heterocycles. The Morgan fingerprint density at radius 3 is 3.18 bits per heavy atom. The molecule has 0 saturated heterocycles. The van der Waals surface area contributed by atoms with Crippen molar-refractivity contribution in [3.63, 3.8) is 0 Å². The van der Waals surface area contributed by atoms with Gasteiger partial charge >= 0.3 is 70.1 Å². The van der Waals surface area contributed by atoms with Crippen molar-refractivity contribution in [1.29, 1.82) is 0 Å². The fourth-order valence-electron chi connectivity index (χ4n) is 1.03. The van der Waals surface area contributed by atoms with Gasteiger partial charge in [0, 0.05) is 0 Å². The number of benzene rings is 1. The molecule has 0 aliphatic heterocycles. The molecule has 1 aromatic carbocycles. The van der Waals surface area contributed by atoms with Crippen molar-refractivity contribution in [3.05, 3.63) is 23.3 Å². The van der Waals surface area contributed by atoms with Gasteiger partial charge in [-0.15, -0.1) is 0 Å². The van der Waals surface area contributed by atoms with E-state index in [9.17, 15) is 0 Å². The van der Waals surface area contributed by atoms with Crippen LogP contribution in [0.2, 0.25) is 0 Å². The number of methoxy groups -OCH3 is 1. The van der Waals surface area contributed by atoms with Gasteiger partial charge in [0.05, 0.1) is 0 Å². The summed E-state index contributed by atoms with van der Waals surface area (Å²) in [7, 11) is 1.68. The minimum atomic E-state index is 0.421. The van der Waals surface area contributed by atoms with E-state index in [2.05, 4.69) is 11.1 Å². The maximum absolute atomic E-state index is 5.15. The summed E-state index contributed by atoms with van der Waals surface area (Å²) in [5.41, 5.74) is 1.02. The molecular weight excluding hydrogens is 205 g/mol. The maximum atomic E-state index is 5.15. The third-order valence-electron chi connectivity index (χ3n) is 1.54. The van der Waals surface area contributed by atoms with Gasteiger partial charge in [0.1, 0.15) is 0 Å². The second-order valence-electron chi connectivity index (χ2n) is 2.16. The average Bonchev–Trinajstić information content (AvgIpc) is 2.50. The standard InChI is InChI=1S/C8H7NOSe/c1-10-6-3-2-4-7-8(6)9-5-11-7/h2-5H,1H3. The molecule has 0 bridgehead atoms. The average molecular weight is 212 g/mol. The monoisotopic (exact) mass is 213 g/mol. The predicted octanol–water partition coefficient (Wildman–Crippen LogP) is 1.30. The second-order valence-corrected chi connectivity index (χ2v) is 4.02. The zero-order valence-electron chi connectivity index (χ0n) is 6.07. The van der Waals surface area contributed by atoms with Crippen LogP contribution in [0, 0.1) is 0 Å². The van der Waals surface area contributed by atoms with Crippen LogP contribution >= 0.6 is 0 Å². The van der Waals surface area contributed by atoms with E-state index in [0.717, 1.165) is 11.3 Å². The number of nitrogens with zero attached hydrogens (tertiary/aromatic N) is 1. The van der Waals surface area contributed by atoms with Crippen molar-refractivity contribution in [2.75, 3.05) is 7.11 Å². The van der Waals surface area contributed by atoms with Crippen molar-refractivity contribution < 1.29 is 4.74 Å². The predicted molar refractivity (Wildman–Crippen MR) is 45.2 cm³/mol. The molecule has 0 aliphatic rings. The Balaban J connectivity index is 2.79. The molecule has 3 heteroatoms. The summed E-state index contributed by atoms with van der Waals surface area (Å²) in [5, 5.41) is 1.97. The Kier molecular flexibility index (Phi) is 1.68. The molecule has 0 saturated carbocycles. The summed E-state index contributed by atoms with van der Waals surface area (Å²) in [4.78, 5) is 4.25. The van der Waals surface area contributed by atoms with Crippen LogP contribution in [0.15, 0.2) is 23.3 Å². The number of fused-ring (bicyclic) bond motifs is 1. The number of ether oxygens (including phenoxy) is 1. The summed E-state index contributed by atoms with van der Waals surface area (Å²) in [6.07, 6.45) is 0. The zero-order valence-corrected chi connectivity index (χ0v) is 7.79. The quantitative estimate of drug-likeness (QED) is 0.664. The molecule has 56 valence electrons. The molecule has 1 aromatic heterocycles. The Bertz CT molecular complexity index is 369. The number of hydrogen-bond donors (Lipinski definition) is 0. The van der Waals surface area contributed by atoms with Crippen LogP contribution in [0.4, 0.5) is 0 Å². The first kappa shape index (κ1) is 6.89. The van der Waals surface area contributed by atoms with E-state index in [1.165, 1.54) is 4.26 Å². The van der Waals surface area contributed by atoms with Crippen molar-refractivity contribution in [2.24, 2.45) is 0 Å². The number of hydrogen-bond acceptors (Lipinski definition) is 2. The van der Waals surface area contributed by atoms with Crippen molar-refractivity contribution >= 4 is 24.3 Å². The molecule has 11 heavy (non-hydrogen) atoms. The van der Waals surface area contributed by atoms with Crippen LogP contribution in [0.3, 0.4) is 0 Å². The van der Waals surface area contributed by atoms with E-state index < -0.39 is 0 Å². The molecule has 0 N–H and O–H groups in total. The first-order valence-corrected chi connectivity index (χ1v) is 5.12. The van der Waals surface area contributed by atoms with Crippen LogP contribution in [0.25, 0.3) is 9.78 Å². The molecule has 0 spiro atoms. The SMILES string of the molecule is COc1cccc2[se]cnc12. The summed E-state index contributed by atoms with van der Waals surface area (Å²) in [6.45, 7) is 0. The van der Waals surface area contributed by atoms with Crippen LogP contribution in [-0.4, -0.2) is 26.6 Å². The Morgan fingerprint density at radius 2 is 2.36 bits per heavy atom. The molecule has 0 unspecified atom stereocenters. The minimum absolute atomic E-state index is 0.421. The molecule has 2 nitrogen and oxygen atoms in total. The summed E-state index contributed by atoms with van der Waals surface area (Å²) < 4.78 is 6.47. The van der Waals surface area contributed by atoms with E-state index in [0.29, 0.717) is 14.5 Å². The third-order valence-corrected chi connectivity index (χ3v) is 3.21. The molecular formula is C8H7NOSe. The fraction of sp³-hybridized carbons (Fsp3) is 0.125. The Labute approximate surface area is 70.6 Å². The van der Waals surface area contributed by atoms with Crippen LogP contribution in [-0.2, 0) is 0 Å². The number of rotatable bonds is 1. The molecule has 2 rings (SSSR count). The van der Waals surface area contributed by atoms with Gasteiger partial charge in [-0.05, 0) is 0 Å². The fourth-order valence-corrected chi connectivity index (χ4v) is 2.48. The van der Waals surface area contributed by atoms with Gasteiger partial charge in [0.25, 0.3) is 0 Å². The molecule has 2 aromatic rings. The van der Waals surface area contributed by atoms with Gasteiger partial charge in [-0.1, -0.05) is 0 Å². The normalized spacial score (nSPS) is 10.3. The Morgan fingerprint density at radius 1 is 1.45 bits per heavy atom. The van der Waals surface area contributed by atoms with Gasteiger partial charge < -0.3 is 0 Å². The van der Waals surface area contributed by atoms with Crippen LogP contribution in [0.1, 0.15) is 0 Å². The van der Waals surface area contributed by atoms with Gasteiger partial charge in [-0.25, -0.2) is 0 Å². The molecule has 0 fully saturated rings. The Hall–Kier alpha value is -0.791.